The van der Waals surface area contributed by atoms with Gasteiger partial charge < -0.3 is 4.74 Å². The first kappa shape index (κ1) is 8.75. The highest BCUT2D eigenvalue weighted by Gasteiger charge is 2.24. The standard InChI is InChI=1S/C10H9BrO2/c1-6-5-9(12)7-3-2-4-8(11)10(7)13-6/h2-4,6H,5H2,1H3. The maximum absolute atomic E-state index is 11.5. The van der Waals surface area contributed by atoms with Crippen molar-refractivity contribution in [1.29, 1.82) is 0 Å². The number of halogens is 1. The summed E-state index contributed by atoms with van der Waals surface area (Å²) in [7, 11) is 0. The number of ether oxygens (including phenoxy) is 1. The number of Topliss-reactive ketones (excluding diaryl/α,β-unsaturated/α-hetero) is 1. The Balaban J connectivity index is 2.55. The summed E-state index contributed by atoms with van der Waals surface area (Å²) in [5, 5.41) is 0. The summed E-state index contributed by atoms with van der Waals surface area (Å²) in [5.41, 5.74) is 0.687. The topological polar surface area (TPSA) is 26.3 Å². The Bertz CT molecular complexity index is 360. The molecule has 1 aliphatic rings. The maximum atomic E-state index is 11.5. The molecule has 68 valence electrons. The van der Waals surface area contributed by atoms with E-state index in [2.05, 4.69) is 15.9 Å². The monoisotopic (exact) mass is 240 g/mol. The molecule has 0 N–H and O–H groups in total. The Morgan fingerprint density at radius 1 is 1.54 bits per heavy atom. The van der Waals surface area contributed by atoms with Crippen molar-refractivity contribution < 1.29 is 9.53 Å². The van der Waals surface area contributed by atoms with Crippen LogP contribution in [0.25, 0.3) is 0 Å². The first-order valence-electron chi connectivity index (χ1n) is 4.17. The minimum Gasteiger partial charge on any atom is -0.488 e. The normalized spacial score (nSPS) is 20.8. The van der Waals surface area contributed by atoms with E-state index in [4.69, 9.17) is 4.74 Å². The van der Waals surface area contributed by atoms with Crippen molar-refractivity contribution in [3.63, 3.8) is 0 Å². The van der Waals surface area contributed by atoms with Crippen LogP contribution in [0.3, 0.4) is 0 Å². The molecule has 1 heterocycles. The fourth-order valence-corrected chi connectivity index (χ4v) is 1.92. The van der Waals surface area contributed by atoms with E-state index in [0.29, 0.717) is 17.7 Å². The van der Waals surface area contributed by atoms with Crippen LogP contribution >= 0.6 is 15.9 Å². The number of fused-ring (bicyclic) bond motifs is 1. The van der Waals surface area contributed by atoms with E-state index < -0.39 is 0 Å². The van der Waals surface area contributed by atoms with Gasteiger partial charge in [0.2, 0.25) is 0 Å². The van der Waals surface area contributed by atoms with Crippen molar-refractivity contribution in [3.8, 4) is 5.75 Å². The minimum atomic E-state index is -0.0151. The summed E-state index contributed by atoms with van der Waals surface area (Å²) in [6.07, 6.45) is 0.461. The van der Waals surface area contributed by atoms with Gasteiger partial charge in [-0.2, -0.15) is 0 Å². The van der Waals surface area contributed by atoms with E-state index in [-0.39, 0.29) is 11.9 Å². The van der Waals surface area contributed by atoms with Gasteiger partial charge in [-0.3, -0.25) is 4.79 Å². The fourth-order valence-electron chi connectivity index (χ4n) is 1.46. The van der Waals surface area contributed by atoms with Gasteiger partial charge in [-0.05, 0) is 35.0 Å². The van der Waals surface area contributed by atoms with E-state index >= 15 is 0 Å². The Kier molecular flexibility index (Phi) is 2.12. The van der Waals surface area contributed by atoms with Gasteiger partial charge in [-0.1, -0.05) is 6.07 Å². The molecule has 0 aliphatic carbocycles. The molecule has 3 heteroatoms. The van der Waals surface area contributed by atoms with Crippen molar-refractivity contribution in [2.24, 2.45) is 0 Å². The van der Waals surface area contributed by atoms with Gasteiger partial charge in [-0.25, -0.2) is 0 Å². The van der Waals surface area contributed by atoms with E-state index in [1.165, 1.54) is 0 Å². The summed E-state index contributed by atoms with van der Waals surface area (Å²) in [6.45, 7) is 1.90. The number of benzene rings is 1. The predicted molar refractivity (Wildman–Crippen MR) is 53.2 cm³/mol. The molecule has 1 aromatic carbocycles. The average Bonchev–Trinajstić information content (AvgIpc) is 2.07. The van der Waals surface area contributed by atoms with Crippen LogP contribution < -0.4 is 4.74 Å². The second-order valence-corrected chi connectivity index (χ2v) is 4.03. The van der Waals surface area contributed by atoms with Crippen LogP contribution in [0.15, 0.2) is 22.7 Å². The molecule has 13 heavy (non-hydrogen) atoms. The average molecular weight is 241 g/mol. The minimum absolute atomic E-state index is 0.0151. The van der Waals surface area contributed by atoms with Gasteiger partial charge in [0.25, 0.3) is 0 Å². The van der Waals surface area contributed by atoms with Crippen molar-refractivity contribution in [2.45, 2.75) is 19.4 Å². The van der Waals surface area contributed by atoms with Crippen LogP contribution in [0.5, 0.6) is 5.75 Å². The molecular weight excluding hydrogens is 232 g/mol. The molecule has 1 aliphatic heterocycles. The third kappa shape index (κ3) is 1.48. The number of para-hydroxylation sites is 1. The van der Waals surface area contributed by atoms with Crippen LogP contribution in [0.2, 0.25) is 0 Å². The molecule has 1 aromatic rings. The van der Waals surface area contributed by atoms with Crippen molar-refractivity contribution in [3.05, 3.63) is 28.2 Å². The predicted octanol–water partition coefficient (Wildman–Crippen LogP) is 2.80. The van der Waals surface area contributed by atoms with Crippen molar-refractivity contribution in [2.75, 3.05) is 0 Å². The smallest absolute Gasteiger partial charge is 0.170 e. The third-order valence-electron chi connectivity index (χ3n) is 2.06. The molecule has 1 unspecified atom stereocenters. The van der Waals surface area contributed by atoms with Gasteiger partial charge in [0.15, 0.2) is 5.78 Å². The van der Waals surface area contributed by atoms with Gasteiger partial charge in [-0.15, -0.1) is 0 Å². The molecule has 2 rings (SSSR count). The molecule has 0 radical (unpaired) electrons. The second kappa shape index (κ2) is 3.14. The van der Waals surface area contributed by atoms with Gasteiger partial charge in [0, 0.05) is 6.42 Å². The number of carbonyl (C=O) groups is 1. The van der Waals surface area contributed by atoms with Crippen LogP contribution in [-0.4, -0.2) is 11.9 Å². The van der Waals surface area contributed by atoms with Crippen LogP contribution in [0.4, 0.5) is 0 Å². The Labute approximate surface area is 85.0 Å². The quantitative estimate of drug-likeness (QED) is 0.698. The Morgan fingerprint density at radius 3 is 3.08 bits per heavy atom. The maximum Gasteiger partial charge on any atom is 0.170 e. The molecular formula is C10H9BrO2. The number of rotatable bonds is 0. The molecule has 1 atom stereocenters. The summed E-state index contributed by atoms with van der Waals surface area (Å²) in [6, 6.07) is 5.53. The number of carbonyl (C=O) groups excluding carboxylic acids is 1. The van der Waals surface area contributed by atoms with Crippen LogP contribution in [0, 0.1) is 0 Å². The first-order valence-corrected chi connectivity index (χ1v) is 4.96. The molecule has 2 nitrogen and oxygen atoms in total. The zero-order chi connectivity index (χ0) is 9.42. The molecule has 0 bridgehead atoms. The van der Waals surface area contributed by atoms with E-state index in [1.807, 2.05) is 19.1 Å². The zero-order valence-electron chi connectivity index (χ0n) is 7.21. The van der Waals surface area contributed by atoms with Crippen LogP contribution in [0.1, 0.15) is 23.7 Å². The highest BCUT2D eigenvalue weighted by Crippen LogP contribution is 2.34. The van der Waals surface area contributed by atoms with E-state index in [9.17, 15) is 4.79 Å². The van der Waals surface area contributed by atoms with Crippen molar-refractivity contribution >= 4 is 21.7 Å². The summed E-state index contributed by atoms with van der Waals surface area (Å²) in [5.74, 6) is 0.848. The highest BCUT2D eigenvalue weighted by atomic mass is 79.9. The lowest BCUT2D eigenvalue weighted by Gasteiger charge is -2.22. The van der Waals surface area contributed by atoms with E-state index in [0.717, 1.165) is 4.47 Å². The van der Waals surface area contributed by atoms with E-state index in [1.54, 1.807) is 6.07 Å². The molecule has 0 fully saturated rings. The molecule has 0 saturated heterocycles. The molecule has 0 saturated carbocycles. The number of ketones is 1. The second-order valence-electron chi connectivity index (χ2n) is 3.17. The number of hydrogen-bond acceptors (Lipinski definition) is 2. The van der Waals surface area contributed by atoms with Gasteiger partial charge in [0.1, 0.15) is 11.9 Å². The Morgan fingerprint density at radius 2 is 2.31 bits per heavy atom. The SMILES string of the molecule is CC1CC(=O)c2cccc(Br)c2O1. The lowest BCUT2D eigenvalue weighted by Crippen LogP contribution is -2.24. The first-order chi connectivity index (χ1) is 6.18. The fraction of sp³-hybridized carbons (Fsp3) is 0.300. The summed E-state index contributed by atoms with van der Waals surface area (Å²) in [4.78, 5) is 11.5. The molecule has 0 spiro atoms. The summed E-state index contributed by atoms with van der Waals surface area (Å²) >= 11 is 3.36. The molecule has 0 aromatic heterocycles. The molecule has 0 amide bonds. The Hall–Kier alpha value is -0.830. The van der Waals surface area contributed by atoms with Crippen molar-refractivity contribution in [1.82, 2.24) is 0 Å². The number of hydrogen-bond donors (Lipinski definition) is 0. The largest absolute Gasteiger partial charge is 0.488 e. The van der Waals surface area contributed by atoms with Gasteiger partial charge >= 0.3 is 0 Å². The zero-order valence-corrected chi connectivity index (χ0v) is 8.80. The highest BCUT2D eigenvalue weighted by molar-refractivity contribution is 9.10. The van der Waals surface area contributed by atoms with Crippen LogP contribution in [-0.2, 0) is 0 Å². The lowest BCUT2D eigenvalue weighted by molar-refractivity contribution is 0.0869. The third-order valence-corrected chi connectivity index (χ3v) is 2.68. The lowest BCUT2D eigenvalue weighted by atomic mass is 10.0. The summed E-state index contributed by atoms with van der Waals surface area (Å²) < 4.78 is 6.42. The van der Waals surface area contributed by atoms with Gasteiger partial charge in [0.05, 0.1) is 10.0 Å².